The van der Waals surface area contributed by atoms with E-state index in [1.54, 1.807) is 15.8 Å². The van der Waals surface area contributed by atoms with Gasteiger partial charge in [0, 0.05) is 48.6 Å². The SMILES string of the molecule is N#CC1CN(C(=O)C2(n3cc4c(n3)C(=O)C3=CCc5nccc-4c53)CC2)C1. The number of aromatic nitrogens is 3. The van der Waals surface area contributed by atoms with Crippen molar-refractivity contribution >= 4 is 17.3 Å². The van der Waals surface area contributed by atoms with Crippen molar-refractivity contribution in [1.29, 1.82) is 5.26 Å². The summed E-state index contributed by atoms with van der Waals surface area (Å²) in [5.74, 6) is -0.139. The first-order chi connectivity index (χ1) is 13.1. The maximum atomic E-state index is 13.0. The van der Waals surface area contributed by atoms with Crippen molar-refractivity contribution < 1.29 is 9.59 Å². The zero-order valence-electron chi connectivity index (χ0n) is 14.5. The molecule has 0 unspecified atom stereocenters. The predicted molar refractivity (Wildman–Crippen MR) is 94.4 cm³/mol. The summed E-state index contributed by atoms with van der Waals surface area (Å²) < 4.78 is 1.70. The number of hydrogen-bond acceptors (Lipinski definition) is 5. The van der Waals surface area contributed by atoms with E-state index in [-0.39, 0.29) is 17.6 Å². The van der Waals surface area contributed by atoms with Crippen molar-refractivity contribution in [1.82, 2.24) is 19.7 Å². The van der Waals surface area contributed by atoms with Crippen molar-refractivity contribution in [2.75, 3.05) is 13.1 Å². The second kappa shape index (κ2) is 4.71. The fourth-order valence-electron chi connectivity index (χ4n) is 4.46. The van der Waals surface area contributed by atoms with E-state index in [0.717, 1.165) is 22.4 Å². The van der Waals surface area contributed by atoms with Crippen LogP contribution in [0.3, 0.4) is 0 Å². The average Bonchev–Trinajstić information content (AvgIpc) is 3.13. The standard InChI is InChI=1S/C20H15N5O2/c21-7-11-8-24(9-11)19(27)20(4-5-20)25-10-14-12-3-6-22-15-2-1-13(16(12)15)18(26)17(14)23-25/h1,3,6,10-11H,2,4-5,8-9H2. The minimum Gasteiger partial charge on any atom is -0.338 e. The Morgan fingerprint density at radius 2 is 2.11 bits per heavy atom. The van der Waals surface area contributed by atoms with E-state index in [1.165, 1.54) is 0 Å². The van der Waals surface area contributed by atoms with Crippen molar-refractivity contribution in [2.45, 2.75) is 24.8 Å². The van der Waals surface area contributed by atoms with Crippen molar-refractivity contribution in [3.63, 3.8) is 0 Å². The Bertz CT molecular complexity index is 1130. The van der Waals surface area contributed by atoms with E-state index in [0.29, 0.717) is 43.6 Å². The monoisotopic (exact) mass is 357 g/mol. The molecule has 6 rings (SSSR count). The third-order valence-corrected chi connectivity index (χ3v) is 6.17. The molecule has 0 bridgehead atoms. The van der Waals surface area contributed by atoms with Crippen LogP contribution < -0.4 is 0 Å². The van der Waals surface area contributed by atoms with Gasteiger partial charge in [0.25, 0.3) is 5.91 Å². The quantitative estimate of drug-likeness (QED) is 0.813. The number of carbonyl (C=O) groups is 2. The number of Topliss-reactive ketones (excluding diaryl/α,β-unsaturated/α-hetero) is 1. The number of likely N-dealkylation sites (tertiary alicyclic amines) is 1. The zero-order valence-corrected chi connectivity index (χ0v) is 14.5. The van der Waals surface area contributed by atoms with E-state index < -0.39 is 5.54 Å². The Kier molecular flexibility index (Phi) is 2.59. The normalized spacial score (nSPS) is 21.1. The molecule has 3 heterocycles. The molecule has 132 valence electrons. The molecule has 27 heavy (non-hydrogen) atoms. The number of hydrogen-bond donors (Lipinski definition) is 0. The fraction of sp³-hybridized carbons (Fsp3) is 0.350. The molecule has 1 saturated heterocycles. The van der Waals surface area contributed by atoms with Gasteiger partial charge in [-0.2, -0.15) is 10.4 Å². The van der Waals surface area contributed by atoms with Crippen molar-refractivity contribution in [3.05, 3.63) is 41.5 Å². The highest BCUT2D eigenvalue weighted by molar-refractivity contribution is 6.34. The van der Waals surface area contributed by atoms with Gasteiger partial charge in [-0.1, -0.05) is 6.08 Å². The van der Waals surface area contributed by atoms with Crippen LogP contribution in [0.2, 0.25) is 0 Å². The number of allylic oxidation sites excluding steroid dienone is 2. The predicted octanol–water partition coefficient (Wildman–Crippen LogP) is 1.55. The minimum absolute atomic E-state index is 0.0137. The van der Waals surface area contributed by atoms with Gasteiger partial charge < -0.3 is 4.90 Å². The number of fused-ring (bicyclic) bond motifs is 2. The summed E-state index contributed by atoms with van der Waals surface area (Å²) >= 11 is 0. The van der Waals surface area contributed by atoms with Gasteiger partial charge >= 0.3 is 0 Å². The van der Waals surface area contributed by atoms with Crippen LogP contribution in [0.25, 0.3) is 16.7 Å². The molecular weight excluding hydrogens is 342 g/mol. The first-order valence-corrected chi connectivity index (χ1v) is 9.15. The fourth-order valence-corrected chi connectivity index (χ4v) is 4.46. The van der Waals surface area contributed by atoms with E-state index in [9.17, 15) is 9.59 Å². The summed E-state index contributed by atoms with van der Waals surface area (Å²) in [6, 6.07) is 4.12. The average molecular weight is 357 g/mol. The van der Waals surface area contributed by atoms with E-state index in [2.05, 4.69) is 16.2 Å². The molecule has 0 N–H and O–H groups in total. The molecule has 1 amide bonds. The van der Waals surface area contributed by atoms with Crippen LogP contribution in [0.15, 0.2) is 24.5 Å². The highest BCUT2D eigenvalue weighted by atomic mass is 16.2. The first-order valence-electron chi connectivity index (χ1n) is 9.15. The van der Waals surface area contributed by atoms with Crippen LogP contribution in [0.4, 0.5) is 0 Å². The van der Waals surface area contributed by atoms with Gasteiger partial charge in [0.05, 0.1) is 17.7 Å². The van der Waals surface area contributed by atoms with Gasteiger partial charge in [0.15, 0.2) is 0 Å². The molecule has 1 saturated carbocycles. The highest BCUT2D eigenvalue weighted by Crippen LogP contribution is 2.49. The molecule has 2 aromatic heterocycles. The topological polar surface area (TPSA) is 91.9 Å². The number of nitrogens with zero attached hydrogens (tertiary/aromatic N) is 5. The second-order valence-corrected chi connectivity index (χ2v) is 7.73. The lowest BCUT2D eigenvalue weighted by atomic mass is 9.87. The van der Waals surface area contributed by atoms with Gasteiger partial charge in [0.1, 0.15) is 11.2 Å². The summed E-state index contributed by atoms with van der Waals surface area (Å²) in [6.07, 6.45) is 7.64. The Morgan fingerprint density at radius 3 is 2.85 bits per heavy atom. The zero-order chi connectivity index (χ0) is 18.3. The molecule has 0 spiro atoms. The Hall–Kier alpha value is -3.27. The number of carbonyl (C=O) groups excluding carboxylic acids is 2. The Morgan fingerprint density at radius 1 is 1.30 bits per heavy atom. The van der Waals surface area contributed by atoms with Crippen LogP contribution in [0.1, 0.15) is 34.6 Å². The van der Waals surface area contributed by atoms with Crippen LogP contribution in [-0.4, -0.2) is 44.4 Å². The lowest BCUT2D eigenvalue weighted by molar-refractivity contribution is -0.141. The van der Waals surface area contributed by atoms with Crippen molar-refractivity contribution in [3.8, 4) is 17.2 Å². The van der Waals surface area contributed by atoms with Gasteiger partial charge in [-0.05, 0) is 24.5 Å². The first kappa shape index (κ1) is 14.9. The van der Waals surface area contributed by atoms with Crippen LogP contribution in [-0.2, 0) is 16.8 Å². The summed E-state index contributed by atoms with van der Waals surface area (Å²) in [5, 5.41) is 13.5. The van der Waals surface area contributed by atoms with Crippen LogP contribution >= 0.6 is 0 Å². The molecule has 0 radical (unpaired) electrons. The second-order valence-electron chi connectivity index (χ2n) is 7.73. The number of nitriles is 1. The number of ketones is 1. The Balaban J connectivity index is 1.43. The summed E-state index contributed by atoms with van der Waals surface area (Å²) in [4.78, 5) is 32.1. The minimum atomic E-state index is -0.692. The summed E-state index contributed by atoms with van der Waals surface area (Å²) in [6.45, 7) is 0.976. The molecule has 3 aliphatic carbocycles. The van der Waals surface area contributed by atoms with Gasteiger partial charge in [-0.25, -0.2) is 0 Å². The maximum Gasteiger partial charge on any atom is 0.250 e. The van der Waals surface area contributed by atoms with Crippen LogP contribution in [0, 0.1) is 17.2 Å². The highest BCUT2D eigenvalue weighted by Gasteiger charge is 2.56. The van der Waals surface area contributed by atoms with Crippen LogP contribution in [0.5, 0.6) is 0 Å². The summed E-state index contributed by atoms with van der Waals surface area (Å²) in [7, 11) is 0. The van der Waals surface area contributed by atoms with Gasteiger partial charge in [-0.15, -0.1) is 0 Å². The molecule has 7 nitrogen and oxygen atoms in total. The van der Waals surface area contributed by atoms with E-state index in [4.69, 9.17) is 5.26 Å². The van der Waals surface area contributed by atoms with E-state index in [1.807, 2.05) is 18.3 Å². The van der Waals surface area contributed by atoms with Crippen molar-refractivity contribution in [2.24, 2.45) is 5.92 Å². The molecule has 1 aliphatic heterocycles. The smallest absolute Gasteiger partial charge is 0.250 e. The molecule has 2 aromatic rings. The third kappa shape index (κ3) is 1.75. The van der Waals surface area contributed by atoms with E-state index >= 15 is 0 Å². The number of pyridine rings is 1. The maximum absolute atomic E-state index is 13.0. The summed E-state index contributed by atoms with van der Waals surface area (Å²) in [5.41, 5.74) is 4.02. The third-order valence-electron chi connectivity index (χ3n) is 6.17. The van der Waals surface area contributed by atoms with Gasteiger partial charge in [0.2, 0.25) is 5.78 Å². The molecule has 2 fully saturated rings. The number of amides is 1. The molecule has 4 aliphatic rings. The molecular formula is C20H15N5O2. The lowest BCUT2D eigenvalue weighted by Gasteiger charge is -2.37. The Labute approximate surface area is 154 Å². The number of rotatable bonds is 2. The molecule has 0 atom stereocenters. The molecule has 7 heteroatoms. The molecule has 0 aromatic carbocycles. The largest absolute Gasteiger partial charge is 0.338 e. The van der Waals surface area contributed by atoms with Gasteiger partial charge in [-0.3, -0.25) is 19.3 Å². The lowest BCUT2D eigenvalue weighted by Crippen LogP contribution is -2.54.